The Morgan fingerprint density at radius 2 is 2.22 bits per heavy atom. The first-order valence-electron chi connectivity index (χ1n) is 4.86. The number of primary sulfonamides is 1. The van der Waals surface area contributed by atoms with Crippen LogP contribution in [0.25, 0.3) is 0 Å². The first kappa shape index (κ1) is 14.1. The third kappa shape index (κ3) is 3.16. The highest BCUT2D eigenvalue weighted by Crippen LogP contribution is 2.53. The van der Waals surface area contributed by atoms with Crippen LogP contribution in [0.4, 0.5) is 0 Å². The van der Waals surface area contributed by atoms with E-state index in [-0.39, 0.29) is 22.3 Å². The summed E-state index contributed by atoms with van der Waals surface area (Å²) >= 11 is 12.4. The molecule has 1 unspecified atom stereocenters. The molecule has 1 atom stereocenters. The molecule has 0 radical (unpaired) electrons. The Hall–Kier alpha value is -0.340. The third-order valence-corrected chi connectivity index (χ3v) is 5.77. The van der Waals surface area contributed by atoms with E-state index in [1.165, 1.54) is 11.4 Å². The lowest BCUT2D eigenvalue weighted by Gasteiger charge is -2.02. The largest absolute Gasteiger partial charge is 0.462 e. The predicted octanol–water partition coefficient (Wildman–Crippen LogP) is 1.75. The van der Waals surface area contributed by atoms with E-state index in [1.54, 1.807) is 0 Å². The van der Waals surface area contributed by atoms with Gasteiger partial charge in [0.1, 0.15) is 8.54 Å². The van der Waals surface area contributed by atoms with E-state index in [1.807, 2.05) is 0 Å². The average molecular weight is 330 g/mol. The van der Waals surface area contributed by atoms with Gasteiger partial charge in [-0.1, -0.05) is 0 Å². The third-order valence-electron chi connectivity index (χ3n) is 2.46. The van der Waals surface area contributed by atoms with E-state index in [0.717, 1.165) is 11.3 Å². The summed E-state index contributed by atoms with van der Waals surface area (Å²) in [6, 6.07) is 1.18. The number of halogens is 2. The lowest BCUT2D eigenvalue weighted by atomic mass is 10.3. The number of sulfonamides is 1. The number of thiophene rings is 1. The van der Waals surface area contributed by atoms with Crippen molar-refractivity contribution in [2.75, 3.05) is 6.61 Å². The van der Waals surface area contributed by atoms with Crippen LogP contribution in [-0.4, -0.2) is 25.3 Å². The second-order valence-electron chi connectivity index (χ2n) is 3.96. The van der Waals surface area contributed by atoms with Crippen LogP contribution in [0.5, 0.6) is 0 Å². The zero-order valence-electron chi connectivity index (χ0n) is 8.93. The summed E-state index contributed by atoms with van der Waals surface area (Å²) in [5.41, 5.74) is 0.152. The summed E-state index contributed by atoms with van der Waals surface area (Å²) in [6.07, 6.45) is 0.579. The van der Waals surface area contributed by atoms with Crippen LogP contribution in [0, 0.1) is 5.92 Å². The van der Waals surface area contributed by atoms with E-state index < -0.39 is 20.3 Å². The van der Waals surface area contributed by atoms with Crippen molar-refractivity contribution >= 4 is 50.5 Å². The van der Waals surface area contributed by atoms with Gasteiger partial charge in [-0.15, -0.1) is 34.5 Å². The molecule has 100 valence electrons. The monoisotopic (exact) mass is 329 g/mol. The SMILES string of the molecule is NS(=O)(=O)c1cc(C(=O)OCC2CC2(Cl)Cl)cs1. The van der Waals surface area contributed by atoms with Crippen LogP contribution in [0.15, 0.2) is 15.7 Å². The molecule has 1 aromatic heterocycles. The number of ether oxygens (including phenoxy) is 1. The fourth-order valence-corrected chi connectivity index (χ4v) is 3.36. The summed E-state index contributed by atoms with van der Waals surface area (Å²) in [5.74, 6) is -0.682. The Morgan fingerprint density at radius 3 is 2.67 bits per heavy atom. The standard InChI is InChI=1S/C9H9Cl2NO4S2/c10-9(11)2-6(9)3-16-8(13)5-1-7(17-4-5)18(12,14)15/h1,4,6H,2-3H2,(H2,12,14,15). The molecule has 0 aromatic carbocycles. The maximum atomic E-state index is 11.6. The minimum atomic E-state index is -3.78. The maximum Gasteiger partial charge on any atom is 0.339 e. The highest BCUT2D eigenvalue weighted by atomic mass is 35.5. The van der Waals surface area contributed by atoms with Gasteiger partial charge in [0, 0.05) is 11.3 Å². The van der Waals surface area contributed by atoms with Crippen molar-refractivity contribution < 1.29 is 17.9 Å². The molecule has 2 rings (SSSR count). The Bertz CT molecular complexity index is 581. The highest BCUT2D eigenvalue weighted by molar-refractivity contribution is 7.91. The Balaban J connectivity index is 1.96. The summed E-state index contributed by atoms with van der Waals surface area (Å²) in [7, 11) is -3.78. The topological polar surface area (TPSA) is 86.5 Å². The normalized spacial score (nSPS) is 21.6. The first-order chi connectivity index (χ1) is 8.20. The van der Waals surface area contributed by atoms with Crippen LogP contribution < -0.4 is 5.14 Å². The molecule has 1 fully saturated rings. The van der Waals surface area contributed by atoms with Gasteiger partial charge in [-0.2, -0.15) is 0 Å². The fraction of sp³-hybridized carbons (Fsp3) is 0.444. The number of carbonyl (C=O) groups is 1. The molecule has 0 bridgehead atoms. The maximum absolute atomic E-state index is 11.6. The molecule has 1 aromatic rings. The van der Waals surface area contributed by atoms with Gasteiger partial charge in [0.05, 0.1) is 12.2 Å². The molecule has 5 nitrogen and oxygen atoms in total. The molecule has 0 amide bonds. The van der Waals surface area contributed by atoms with Crippen molar-refractivity contribution in [1.29, 1.82) is 0 Å². The van der Waals surface area contributed by atoms with Crippen LogP contribution in [-0.2, 0) is 14.8 Å². The number of nitrogens with two attached hydrogens (primary N) is 1. The lowest BCUT2D eigenvalue weighted by Crippen LogP contribution is -2.11. The van der Waals surface area contributed by atoms with Crippen molar-refractivity contribution in [3.8, 4) is 0 Å². The minimum Gasteiger partial charge on any atom is -0.462 e. The summed E-state index contributed by atoms with van der Waals surface area (Å²) in [4.78, 5) is 11.6. The Labute approximate surface area is 118 Å². The molecule has 0 aliphatic heterocycles. The van der Waals surface area contributed by atoms with Gasteiger partial charge in [0.15, 0.2) is 0 Å². The van der Waals surface area contributed by atoms with Crippen LogP contribution in [0.2, 0.25) is 0 Å². The molecule has 9 heteroatoms. The number of hydrogen-bond acceptors (Lipinski definition) is 5. The molecule has 2 N–H and O–H groups in total. The average Bonchev–Trinajstić information content (AvgIpc) is 2.66. The molecular weight excluding hydrogens is 321 g/mol. The number of esters is 1. The molecule has 1 aliphatic rings. The molecule has 1 saturated carbocycles. The number of alkyl halides is 2. The summed E-state index contributed by atoms with van der Waals surface area (Å²) in [6.45, 7) is 0.117. The van der Waals surface area contributed by atoms with Crippen molar-refractivity contribution in [2.45, 2.75) is 15.0 Å². The molecule has 0 spiro atoms. The van der Waals surface area contributed by atoms with Crippen LogP contribution in [0.3, 0.4) is 0 Å². The Kier molecular flexibility index (Phi) is 3.63. The zero-order chi connectivity index (χ0) is 13.6. The van der Waals surface area contributed by atoms with Gasteiger partial charge in [-0.3, -0.25) is 0 Å². The molecular formula is C9H9Cl2NO4S2. The van der Waals surface area contributed by atoms with E-state index in [9.17, 15) is 13.2 Å². The smallest absolute Gasteiger partial charge is 0.339 e. The Morgan fingerprint density at radius 1 is 1.61 bits per heavy atom. The van der Waals surface area contributed by atoms with Crippen molar-refractivity contribution in [1.82, 2.24) is 0 Å². The van der Waals surface area contributed by atoms with E-state index >= 15 is 0 Å². The van der Waals surface area contributed by atoms with Gasteiger partial charge in [0.25, 0.3) is 0 Å². The van der Waals surface area contributed by atoms with E-state index in [0.29, 0.717) is 6.42 Å². The second-order valence-corrected chi connectivity index (χ2v) is 8.20. The second kappa shape index (κ2) is 4.64. The zero-order valence-corrected chi connectivity index (χ0v) is 12.1. The van der Waals surface area contributed by atoms with Gasteiger partial charge >= 0.3 is 5.97 Å². The van der Waals surface area contributed by atoms with Gasteiger partial charge < -0.3 is 4.74 Å². The highest BCUT2D eigenvalue weighted by Gasteiger charge is 2.52. The molecule has 1 aliphatic carbocycles. The predicted molar refractivity (Wildman–Crippen MR) is 68.5 cm³/mol. The summed E-state index contributed by atoms with van der Waals surface area (Å²) in [5, 5.41) is 6.31. The van der Waals surface area contributed by atoms with Crippen LogP contribution >= 0.6 is 34.5 Å². The van der Waals surface area contributed by atoms with Gasteiger partial charge in [-0.05, 0) is 12.5 Å². The van der Waals surface area contributed by atoms with Crippen molar-refractivity contribution in [3.63, 3.8) is 0 Å². The van der Waals surface area contributed by atoms with Crippen LogP contribution in [0.1, 0.15) is 16.8 Å². The van der Waals surface area contributed by atoms with Crippen molar-refractivity contribution in [2.24, 2.45) is 11.1 Å². The van der Waals surface area contributed by atoms with Gasteiger partial charge in [-0.25, -0.2) is 18.4 Å². The molecule has 18 heavy (non-hydrogen) atoms. The number of carbonyl (C=O) groups excluding carboxylic acids is 1. The minimum absolute atomic E-state index is 0.0684. The quantitative estimate of drug-likeness (QED) is 0.673. The first-order valence-corrected chi connectivity index (χ1v) is 8.04. The molecule has 0 saturated heterocycles. The van der Waals surface area contributed by atoms with E-state index in [2.05, 4.69) is 0 Å². The van der Waals surface area contributed by atoms with Gasteiger partial charge in [0.2, 0.25) is 10.0 Å². The van der Waals surface area contributed by atoms with E-state index in [4.69, 9.17) is 33.1 Å². The van der Waals surface area contributed by atoms with Crippen molar-refractivity contribution in [3.05, 3.63) is 17.0 Å². The summed E-state index contributed by atoms with van der Waals surface area (Å²) < 4.78 is 26.2. The molecule has 1 heterocycles. The lowest BCUT2D eigenvalue weighted by molar-refractivity contribution is 0.0486. The number of hydrogen-bond donors (Lipinski definition) is 1. The fourth-order valence-electron chi connectivity index (χ4n) is 1.28. The number of rotatable bonds is 4.